The van der Waals surface area contributed by atoms with E-state index in [1.807, 2.05) is 72.8 Å². The number of anilines is 2. The van der Waals surface area contributed by atoms with Crippen molar-refractivity contribution in [2.45, 2.75) is 12.5 Å². The Morgan fingerprint density at radius 2 is 1.47 bits per heavy atom. The van der Waals surface area contributed by atoms with Gasteiger partial charge in [-0.25, -0.2) is 0 Å². The third-order valence-electron chi connectivity index (χ3n) is 5.46. The van der Waals surface area contributed by atoms with Crippen molar-refractivity contribution < 1.29 is 14.3 Å². The summed E-state index contributed by atoms with van der Waals surface area (Å²) in [5.41, 5.74) is 3.29. The molecule has 0 radical (unpaired) electrons. The van der Waals surface area contributed by atoms with Gasteiger partial charge in [0.15, 0.2) is 0 Å². The van der Waals surface area contributed by atoms with Crippen LogP contribution >= 0.6 is 0 Å². The highest BCUT2D eigenvalue weighted by atomic mass is 16.5. The van der Waals surface area contributed by atoms with Gasteiger partial charge in [0.2, 0.25) is 5.91 Å². The molecule has 1 fully saturated rings. The van der Waals surface area contributed by atoms with E-state index in [1.54, 1.807) is 12.1 Å². The fraction of sp³-hybridized carbons (Fsp3) is 0.231. The quantitative estimate of drug-likeness (QED) is 0.595. The number of morpholine rings is 1. The zero-order valence-electron chi connectivity index (χ0n) is 17.9. The largest absolute Gasteiger partial charge is 0.378 e. The van der Waals surface area contributed by atoms with Crippen LogP contribution in [-0.4, -0.2) is 38.1 Å². The fourth-order valence-corrected chi connectivity index (χ4v) is 3.74. The molecule has 32 heavy (non-hydrogen) atoms. The lowest BCUT2D eigenvalue weighted by atomic mass is 10.0. The molecule has 3 aromatic rings. The maximum Gasteiger partial charge on any atom is 0.251 e. The van der Waals surface area contributed by atoms with Crippen molar-refractivity contribution in [3.8, 4) is 0 Å². The standard InChI is InChI=1S/C26H27N3O3/c30-25(27-22-11-13-23(14-12-22)29-15-17-32-18-16-29)19-24(20-7-3-1-4-8-20)28-26(31)21-9-5-2-6-10-21/h1-14,24H,15-19H2,(H,27,30)(H,28,31)/t24-/m1/s1. The van der Waals surface area contributed by atoms with Gasteiger partial charge in [-0.1, -0.05) is 48.5 Å². The number of ether oxygens (including phenoxy) is 1. The molecule has 164 valence electrons. The van der Waals surface area contributed by atoms with Gasteiger partial charge in [0.25, 0.3) is 5.91 Å². The van der Waals surface area contributed by atoms with Crippen LogP contribution in [0.3, 0.4) is 0 Å². The van der Waals surface area contributed by atoms with Gasteiger partial charge in [0.1, 0.15) is 0 Å². The Balaban J connectivity index is 1.41. The van der Waals surface area contributed by atoms with Gasteiger partial charge in [0.05, 0.1) is 25.7 Å². The minimum absolute atomic E-state index is 0.133. The first-order valence-corrected chi connectivity index (χ1v) is 10.8. The third-order valence-corrected chi connectivity index (χ3v) is 5.46. The average Bonchev–Trinajstić information content (AvgIpc) is 2.85. The molecule has 6 nitrogen and oxygen atoms in total. The number of benzene rings is 3. The van der Waals surface area contributed by atoms with Crippen molar-refractivity contribution >= 4 is 23.2 Å². The number of nitrogens with one attached hydrogen (secondary N) is 2. The zero-order valence-corrected chi connectivity index (χ0v) is 17.9. The van der Waals surface area contributed by atoms with E-state index in [2.05, 4.69) is 15.5 Å². The summed E-state index contributed by atoms with van der Waals surface area (Å²) in [5, 5.41) is 5.95. The minimum Gasteiger partial charge on any atom is -0.378 e. The summed E-state index contributed by atoms with van der Waals surface area (Å²) in [6.45, 7) is 3.19. The number of rotatable bonds is 7. The summed E-state index contributed by atoms with van der Waals surface area (Å²) < 4.78 is 5.40. The van der Waals surface area contributed by atoms with Gasteiger partial charge in [0, 0.05) is 30.0 Å². The number of hydrogen-bond acceptors (Lipinski definition) is 4. The molecule has 1 aliphatic rings. The highest BCUT2D eigenvalue weighted by Gasteiger charge is 2.19. The normalized spacial score (nSPS) is 14.4. The van der Waals surface area contributed by atoms with Gasteiger partial charge in [-0.3, -0.25) is 9.59 Å². The van der Waals surface area contributed by atoms with E-state index in [-0.39, 0.29) is 18.2 Å². The smallest absolute Gasteiger partial charge is 0.251 e. The van der Waals surface area contributed by atoms with Crippen molar-refractivity contribution in [3.05, 3.63) is 96.1 Å². The second kappa shape index (κ2) is 10.6. The van der Waals surface area contributed by atoms with Crippen molar-refractivity contribution in [2.24, 2.45) is 0 Å². The van der Waals surface area contributed by atoms with Crippen LogP contribution in [0.2, 0.25) is 0 Å². The number of nitrogens with zero attached hydrogens (tertiary/aromatic N) is 1. The Labute approximate surface area is 188 Å². The second-order valence-corrected chi connectivity index (χ2v) is 7.70. The molecular weight excluding hydrogens is 402 g/mol. The summed E-state index contributed by atoms with van der Waals surface area (Å²) in [6, 6.07) is 26.0. The summed E-state index contributed by atoms with van der Waals surface area (Å²) in [7, 11) is 0. The number of carbonyl (C=O) groups is 2. The predicted molar refractivity (Wildman–Crippen MR) is 126 cm³/mol. The van der Waals surface area contributed by atoms with Gasteiger partial charge in [-0.05, 0) is 42.0 Å². The van der Waals surface area contributed by atoms with E-state index in [0.29, 0.717) is 5.56 Å². The molecule has 6 heteroatoms. The first kappa shape index (κ1) is 21.6. The summed E-state index contributed by atoms with van der Waals surface area (Å²) in [6.07, 6.45) is 0.133. The molecule has 4 rings (SSSR count). The molecule has 0 bridgehead atoms. The SMILES string of the molecule is O=C(C[C@@H](NC(=O)c1ccccc1)c1ccccc1)Nc1ccc(N2CCOCC2)cc1. The Morgan fingerprint density at radius 3 is 2.12 bits per heavy atom. The highest BCUT2D eigenvalue weighted by Crippen LogP contribution is 2.21. The van der Waals surface area contributed by atoms with Crippen molar-refractivity contribution in [1.29, 1.82) is 0 Å². The molecule has 1 heterocycles. The van der Waals surface area contributed by atoms with E-state index in [1.165, 1.54) is 0 Å². The van der Waals surface area contributed by atoms with Gasteiger partial charge < -0.3 is 20.3 Å². The van der Waals surface area contributed by atoms with Crippen LogP contribution in [0, 0.1) is 0 Å². The summed E-state index contributed by atoms with van der Waals surface area (Å²) in [4.78, 5) is 27.8. The number of amides is 2. The van der Waals surface area contributed by atoms with Crippen molar-refractivity contribution in [1.82, 2.24) is 5.32 Å². The van der Waals surface area contributed by atoms with Gasteiger partial charge in [-0.2, -0.15) is 0 Å². The lowest BCUT2D eigenvalue weighted by Gasteiger charge is -2.28. The Bertz CT molecular complexity index is 1020. The van der Waals surface area contributed by atoms with Crippen LogP contribution in [0.25, 0.3) is 0 Å². The Hall–Kier alpha value is -3.64. The van der Waals surface area contributed by atoms with Gasteiger partial charge in [-0.15, -0.1) is 0 Å². The van der Waals surface area contributed by atoms with E-state index >= 15 is 0 Å². The molecule has 0 unspecified atom stereocenters. The van der Waals surface area contributed by atoms with Crippen LogP contribution < -0.4 is 15.5 Å². The van der Waals surface area contributed by atoms with Crippen LogP contribution in [0.5, 0.6) is 0 Å². The predicted octanol–water partition coefficient (Wildman–Crippen LogP) is 4.02. The average molecular weight is 430 g/mol. The number of hydrogen-bond donors (Lipinski definition) is 2. The fourth-order valence-electron chi connectivity index (χ4n) is 3.74. The van der Waals surface area contributed by atoms with E-state index in [9.17, 15) is 9.59 Å². The molecule has 1 aliphatic heterocycles. The Kier molecular flexibility index (Phi) is 7.15. The lowest BCUT2D eigenvalue weighted by molar-refractivity contribution is -0.116. The highest BCUT2D eigenvalue weighted by molar-refractivity contribution is 5.95. The molecule has 2 N–H and O–H groups in total. The van der Waals surface area contributed by atoms with Gasteiger partial charge >= 0.3 is 0 Å². The van der Waals surface area contributed by atoms with Crippen molar-refractivity contribution in [3.63, 3.8) is 0 Å². The molecule has 3 aromatic carbocycles. The first-order chi connectivity index (χ1) is 15.7. The molecule has 0 spiro atoms. The first-order valence-electron chi connectivity index (χ1n) is 10.8. The maximum absolute atomic E-state index is 12.8. The number of carbonyl (C=O) groups excluding carboxylic acids is 2. The maximum atomic E-state index is 12.8. The van der Waals surface area contributed by atoms with Crippen LogP contribution in [0.1, 0.15) is 28.4 Å². The molecule has 0 saturated carbocycles. The Morgan fingerprint density at radius 1 is 0.844 bits per heavy atom. The van der Waals surface area contributed by atoms with Crippen LogP contribution in [0.4, 0.5) is 11.4 Å². The topological polar surface area (TPSA) is 70.7 Å². The third kappa shape index (κ3) is 5.74. The lowest BCUT2D eigenvalue weighted by Crippen LogP contribution is -2.36. The van der Waals surface area contributed by atoms with E-state index < -0.39 is 6.04 Å². The molecule has 0 aromatic heterocycles. The van der Waals surface area contributed by atoms with Crippen LogP contribution in [-0.2, 0) is 9.53 Å². The monoisotopic (exact) mass is 429 g/mol. The zero-order chi connectivity index (χ0) is 22.2. The van der Waals surface area contributed by atoms with E-state index in [0.717, 1.165) is 43.2 Å². The van der Waals surface area contributed by atoms with E-state index in [4.69, 9.17) is 4.74 Å². The molecule has 1 saturated heterocycles. The van der Waals surface area contributed by atoms with Crippen molar-refractivity contribution in [2.75, 3.05) is 36.5 Å². The summed E-state index contributed by atoms with van der Waals surface area (Å²) in [5.74, 6) is -0.367. The molecule has 2 amide bonds. The minimum atomic E-state index is -0.434. The summed E-state index contributed by atoms with van der Waals surface area (Å²) >= 11 is 0. The second-order valence-electron chi connectivity index (χ2n) is 7.70. The van der Waals surface area contributed by atoms with Crippen LogP contribution in [0.15, 0.2) is 84.9 Å². The molecule has 1 atom stereocenters. The molecular formula is C26H27N3O3. The molecule has 0 aliphatic carbocycles.